The second-order valence-corrected chi connectivity index (χ2v) is 4.97. The molecule has 0 bridgehead atoms. The Morgan fingerprint density at radius 1 is 1.08 bits per heavy atom. The van der Waals surface area contributed by atoms with Crippen molar-refractivity contribution in [2.24, 2.45) is 10.8 Å². The van der Waals surface area contributed by atoms with E-state index < -0.39 is 0 Å². The third kappa shape index (κ3) is 1.22. The molecule has 3 heteroatoms. The van der Waals surface area contributed by atoms with Crippen LogP contribution in [0.3, 0.4) is 0 Å². The smallest absolute Gasteiger partial charge is 0.00539 e. The highest BCUT2D eigenvalue weighted by Gasteiger charge is 2.70. The van der Waals surface area contributed by atoms with Gasteiger partial charge in [0.05, 0.1) is 0 Å². The van der Waals surface area contributed by atoms with Gasteiger partial charge in [0.2, 0.25) is 0 Å². The van der Waals surface area contributed by atoms with Gasteiger partial charge in [-0.25, -0.2) is 0 Å². The summed E-state index contributed by atoms with van der Waals surface area (Å²) in [5, 5.41) is 6.68. The van der Waals surface area contributed by atoms with E-state index in [-0.39, 0.29) is 0 Å². The van der Waals surface area contributed by atoms with Gasteiger partial charge in [-0.05, 0) is 27.6 Å². The first-order valence-corrected chi connectivity index (χ1v) is 5.16. The molecule has 0 radical (unpaired) electrons. The zero-order valence-electron chi connectivity index (χ0n) is 8.98. The molecule has 2 atom stereocenters. The molecule has 0 aromatic heterocycles. The van der Waals surface area contributed by atoms with Crippen LogP contribution in [-0.2, 0) is 0 Å². The van der Waals surface area contributed by atoms with Crippen molar-refractivity contribution in [1.29, 1.82) is 0 Å². The third-order valence-corrected chi connectivity index (χ3v) is 3.85. The highest BCUT2D eigenvalue weighted by Crippen LogP contribution is 2.67. The molecule has 2 aliphatic rings. The zero-order chi connectivity index (χ0) is 9.53. The highest BCUT2D eigenvalue weighted by atomic mass is 15.2. The number of hydrogen-bond donors (Lipinski definition) is 2. The summed E-state index contributed by atoms with van der Waals surface area (Å²) < 4.78 is 0. The molecule has 13 heavy (non-hydrogen) atoms. The van der Waals surface area contributed by atoms with Gasteiger partial charge in [0.25, 0.3) is 0 Å². The van der Waals surface area contributed by atoms with E-state index in [1.807, 2.05) is 0 Å². The number of piperidine rings is 1. The van der Waals surface area contributed by atoms with Crippen LogP contribution in [0.2, 0.25) is 0 Å². The number of fused-ring (bicyclic) bond motifs is 1. The molecule has 0 aromatic rings. The number of hydrogen-bond acceptors (Lipinski definition) is 3. The monoisotopic (exact) mass is 183 g/mol. The van der Waals surface area contributed by atoms with Crippen molar-refractivity contribution in [3.63, 3.8) is 0 Å². The number of nitrogens with one attached hydrogen (secondary N) is 2. The molecule has 3 nitrogen and oxygen atoms in total. The maximum Gasteiger partial charge on any atom is 0.00539 e. The lowest BCUT2D eigenvalue weighted by Crippen LogP contribution is -2.30. The van der Waals surface area contributed by atoms with Crippen molar-refractivity contribution in [2.75, 3.05) is 47.3 Å². The van der Waals surface area contributed by atoms with Gasteiger partial charge in [-0.1, -0.05) is 0 Å². The van der Waals surface area contributed by atoms with E-state index in [2.05, 4.69) is 36.7 Å². The molecule has 76 valence electrons. The molecule has 0 spiro atoms. The summed E-state index contributed by atoms with van der Waals surface area (Å²) in [5.74, 6) is 0. The third-order valence-electron chi connectivity index (χ3n) is 3.85. The molecule has 0 aromatic carbocycles. The highest BCUT2D eigenvalue weighted by molar-refractivity contribution is 5.22. The molecular weight excluding hydrogens is 162 g/mol. The Hall–Kier alpha value is -0.120. The average molecular weight is 183 g/mol. The quantitative estimate of drug-likeness (QED) is 0.629. The van der Waals surface area contributed by atoms with Crippen molar-refractivity contribution >= 4 is 0 Å². The van der Waals surface area contributed by atoms with Crippen LogP contribution in [0.25, 0.3) is 0 Å². The van der Waals surface area contributed by atoms with Crippen LogP contribution >= 0.6 is 0 Å². The molecule has 1 heterocycles. The number of likely N-dealkylation sites (tertiary alicyclic amines) is 1. The van der Waals surface area contributed by atoms with E-state index in [1.54, 1.807) is 0 Å². The van der Waals surface area contributed by atoms with Gasteiger partial charge in [0, 0.05) is 37.0 Å². The lowest BCUT2D eigenvalue weighted by Gasteiger charge is -2.16. The zero-order valence-corrected chi connectivity index (χ0v) is 8.98. The summed E-state index contributed by atoms with van der Waals surface area (Å²) in [5.41, 5.74) is 1.17. The van der Waals surface area contributed by atoms with Gasteiger partial charge in [0.1, 0.15) is 0 Å². The van der Waals surface area contributed by atoms with Crippen molar-refractivity contribution < 1.29 is 0 Å². The first kappa shape index (κ1) is 9.44. The van der Waals surface area contributed by atoms with Crippen LogP contribution in [0.4, 0.5) is 0 Å². The minimum atomic E-state index is 0.583. The first-order valence-electron chi connectivity index (χ1n) is 5.16. The van der Waals surface area contributed by atoms with Crippen molar-refractivity contribution in [2.45, 2.75) is 6.42 Å². The van der Waals surface area contributed by atoms with Crippen LogP contribution in [0.1, 0.15) is 6.42 Å². The number of rotatable bonds is 4. The fourth-order valence-electron chi connectivity index (χ4n) is 3.43. The van der Waals surface area contributed by atoms with Crippen molar-refractivity contribution in [3.8, 4) is 0 Å². The van der Waals surface area contributed by atoms with Gasteiger partial charge < -0.3 is 15.5 Å². The van der Waals surface area contributed by atoms with E-state index in [0.29, 0.717) is 10.8 Å². The Morgan fingerprint density at radius 3 is 1.92 bits per heavy atom. The first-order chi connectivity index (χ1) is 6.18. The Bertz CT molecular complexity index is 186. The molecule has 2 fully saturated rings. The predicted molar refractivity (Wildman–Crippen MR) is 54.8 cm³/mol. The predicted octanol–water partition coefficient (Wildman–Crippen LogP) is -0.253. The summed E-state index contributed by atoms with van der Waals surface area (Å²) in [4.78, 5) is 2.47. The van der Waals surface area contributed by atoms with E-state index in [1.165, 1.54) is 32.6 Å². The van der Waals surface area contributed by atoms with Gasteiger partial charge in [-0.3, -0.25) is 0 Å². The van der Waals surface area contributed by atoms with Crippen LogP contribution in [-0.4, -0.2) is 52.2 Å². The molecule has 2 rings (SSSR count). The topological polar surface area (TPSA) is 27.3 Å². The van der Waals surface area contributed by atoms with Gasteiger partial charge in [0.15, 0.2) is 0 Å². The molecule has 1 saturated heterocycles. The lowest BCUT2D eigenvalue weighted by atomic mass is 9.96. The molecule has 1 aliphatic heterocycles. The summed E-state index contributed by atoms with van der Waals surface area (Å²) in [6, 6.07) is 0. The maximum atomic E-state index is 3.34. The standard InChI is InChI=1S/C10H21N3/c1-11-5-9-4-10(9,6-12-2)8-13(3)7-9/h11-12H,4-8H2,1-3H3. The van der Waals surface area contributed by atoms with E-state index in [0.717, 1.165) is 0 Å². The van der Waals surface area contributed by atoms with E-state index in [4.69, 9.17) is 0 Å². The van der Waals surface area contributed by atoms with Crippen LogP contribution < -0.4 is 10.6 Å². The molecule has 1 saturated carbocycles. The van der Waals surface area contributed by atoms with Crippen LogP contribution in [0.5, 0.6) is 0 Å². The molecule has 2 unspecified atom stereocenters. The fraction of sp³-hybridized carbons (Fsp3) is 1.00. The summed E-state index contributed by atoms with van der Waals surface area (Å²) in [6.07, 6.45) is 1.41. The Labute approximate surface area is 80.9 Å². The minimum Gasteiger partial charge on any atom is -0.319 e. The Balaban J connectivity index is 2.05. The van der Waals surface area contributed by atoms with Gasteiger partial charge >= 0.3 is 0 Å². The van der Waals surface area contributed by atoms with Crippen molar-refractivity contribution in [1.82, 2.24) is 15.5 Å². The second kappa shape index (κ2) is 2.94. The van der Waals surface area contributed by atoms with Crippen molar-refractivity contribution in [3.05, 3.63) is 0 Å². The number of nitrogens with zero attached hydrogens (tertiary/aromatic N) is 1. The summed E-state index contributed by atoms with van der Waals surface area (Å²) >= 11 is 0. The fourth-order valence-corrected chi connectivity index (χ4v) is 3.43. The van der Waals surface area contributed by atoms with Gasteiger partial charge in [-0.15, -0.1) is 0 Å². The van der Waals surface area contributed by atoms with Gasteiger partial charge in [-0.2, -0.15) is 0 Å². The normalized spacial score (nSPS) is 43.6. The van der Waals surface area contributed by atoms with E-state index >= 15 is 0 Å². The Morgan fingerprint density at radius 2 is 1.54 bits per heavy atom. The Kier molecular flexibility index (Phi) is 2.13. The molecule has 1 aliphatic carbocycles. The summed E-state index contributed by atoms with van der Waals surface area (Å²) in [7, 11) is 6.37. The second-order valence-electron chi connectivity index (χ2n) is 4.97. The largest absolute Gasteiger partial charge is 0.319 e. The SMILES string of the molecule is CNCC12CN(C)CC1(CNC)C2. The molecular formula is C10H21N3. The lowest BCUT2D eigenvalue weighted by molar-refractivity contribution is 0.324. The van der Waals surface area contributed by atoms with Crippen LogP contribution in [0.15, 0.2) is 0 Å². The van der Waals surface area contributed by atoms with E-state index in [9.17, 15) is 0 Å². The van der Waals surface area contributed by atoms with Crippen LogP contribution in [0, 0.1) is 10.8 Å². The average Bonchev–Trinajstić information content (AvgIpc) is 2.49. The minimum absolute atomic E-state index is 0.583. The molecule has 0 amide bonds. The maximum absolute atomic E-state index is 3.34. The summed E-state index contributed by atoms with van der Waals surface area (Å²) in [6.45, 7) is 4.91. The molecule has 2 N–H and O–H groups in total.